The molecular formula is C17H15ClFN3O. The van der Waals surface area contributed by atoms with Crippen molar-refractivity contribution in [1.29, 1.82) is 0 Å². The minimum absolute atomic E-state index is 0.165. The Morgan fingerprint density at radius 3 is 2.61 bits per heavy atom. The van der Waals surface area contributed by atoms with Gasteiger partial charge in [0.15, 0.2) is 0 Å². The second-order valence-electron chi connectivity index (χ2n) is 5.13. The molecule has 0 aliphatic rings. The third-order valence-electron chi connectivity index (χ3n) is 3.49. The number of rotatable bonds is 5. The first-order chi connectivity index (χ1) is 11.1. The maximum Gasteiger partial charge on any atom is 0.247 e. The highest BCUT2D eigenvalue weighted by Gasteiger charge is 2.12. The van der Waals surface area contributed by atoms with Crippen molar-refractivity contribution in [3.05, 3.63) is 70.8 Å². The van der Waals surface area contributed by atoms with Gasteiger partial charge in [-0.2, -0.15) is 0 Å². The van der Waals surface area contributed by atoms with E-state index < -0.39 is 0 Å². The Kier molecular flexibility index (Phi) is 4.69. The summed E-state index contributed by atoms with van der Waals surface area (Å²) in [6.45, 7) is 2.24. The fourth-order valence-corrected chi connectivity index (χ4v) is 2.34. The standard InChI is InChI=1S/C17H15ClFN3O/c1-11(14-4-2-3-5-15(14)19)20-10-16-21-22-17(23-16)12-6-8-13(18)9-7-12/h2-9,11,20H,10H2,1H3. The molecule has 4 nitrogen and oxygen atoms in total. The zero-order chi connectivity index (χ0) is 16.2. The van der Waals surface area contributed by atoms with Crippen LogP contribution in [0.4, 0.5) is 4.39 Å². The van der Waals surface area contributed by atoms with Gasteiger partial charge in [0.25, 0.3) is 0 Å². The van der Waals surface area contributed by atoms with Crippen molar-refractivity contribution in [3.8, 4) is 11.5 Å². The van der Waals surface area contributed by atoms with Crippen LogP contribution in [0.5, 0.6) is 0 Å². The lowest BCUT2D eigenvalue weighted by molar-refractivity contribution is 0.447. The molecule has 3 aromatic rings. The van der Waals surface area contributed by atoms with Gasteiger partial charge in [-0.25, -0.2) is 4.39 Å². The molecule has 0 fully saturated rings. The van der Waals surface area contributed by atoms with E-state index in [9.17, 15) is 4.39 Å². The van der Waals surface area contributed by atoms with Crippen molar-refractivity contribution in [3.63, 3.8) is 0 Å². The van der Waals surface area contributed by atoms with Crippen molar-refractivity contribution >= 4 is 11.6 Å². The average molecular weight is 332 g/mol. The molecule has 2 aromatic carbocycles. The molecule has 0 amide bonds. The Balaban J connectivity index is 1.65. The molecule has 0 bridgehead atoms. The summed E-state index contributed by atoms with van der Waals surface area (Å²) < 4.78 is 19.3. The fraction of sp³-hybridized carbons (Fsp3) is 0.176. The normalized spacial score (nSPS) is 12.3. The fourth-order valence-electron chi connectivity index (χ4n) is 2.21. The van der Waals surface area contributed by atoms with Crippen molar-refractivity contribution in [2.75, 3.05) is 0 Å². The van der Waals surface area contributed by atoms with Gasteiger partial charge in [-0.3, -0.25) is 0 Å². The molecule has 1 aromatic heterocycles. The first kappa shape index (κ1) is 15.6. The van der Waals surface area contributed by atoms with E-state index in [-0.39, 0.29) is 11.9 Å². The second kappa shape index (κ2) is 6.89. The van der Waals surface area contributed by atoms with Crippen LogP contribution in [-0.4, -0.2) is 10.2 Å². The van der Waals surface area contributed by atoms with Gasteiger partial charge in [0.2, 0.25) is 11.8 Å². The zero-order valence-corrected chi connectivity index (χ0v) is 13.2. The molecule has 0 aliphatic carbocycles. The van der Waals surface area contributed by atoms with Crippen molar-refractivity contribution in [2.24, 2.45) is 0 Å². The summed E-state index contributed by atoms with van der Waals surface area (Å²) in [6.07, 6.45) is 0. The number of benzene rings is 2. The summed E-state index contributed by atoms with van der Waals surface area (Å²) in [5, 5.41) is 11.8. The molecule has 0 saturated heterocycles. The number of halogens is 2. The lowest BCUT2D eigenvalue weighted by atomic mass is 10.1. The van der Waals surface area contributed by atoms with E-state index in [2.05, 4.69) is 15.5 Å². The van der Waals surface area contributed by atoms with Crippen LogP contribution in [0, 0.1) is 5.82 Å². The van der Waals surface area contributed by atoms with Gasteiger partial charge in [-0.1, -0.05) is 29.8 Å². The predicted molar refractivity (Wildman–Crippen MR) is 86.4 cm³/mol. The Hall–Kier alpha value is -2.24. The first-order valence-corrected chi connectivity index (χ1v) is 7.57. The molecule has 118 valence electrons. The first-order valence-electron chi connectivity index (χ1n) is 7.19. The predicted octanol–water partition coefficient (Wildman–Crippen LogP) is 4.38. The number of aromatic nitrogens is 2. The van der Waals surface area contributed by atoms with Crippen LogP contribution in [-0.2, 0) is 6.54 Å². The highest BCUT2D eigenvalue weighted by atomic mass is 35.5. The largest absolute Gasteiger partial charge is 0.419 e. The average Bonchev–Trinajstić information content (AvgIpc) is 3.03. The van der Waals surface area contributed by atoms with Crippen LogP contribution < -0.4 is 5.32 Å². The quantitative estimate of drug-likeness (QED) is 0.753. The maximum atomic E-state index is 13.7. The number of nitrogens with zero attached hydrogens (tertiary/aromatic N) is 2. The molecule has 1 atom stereocenters. The monoisotopic (exact) mass is 331 g/mol. The molecule has 0 saturated carbocycles. The minimum atomic E-state index is -0.236. The summed E-state index contributed by atoms with van der Waals surface area (Å²) >= 11 is 5.85. The topological polar surface area (TPSA) is 51.0 Å². The second-order valence-corrected chi connectivity index (χ2v) is 5.57. The van der Waals surface area contributed by atoms with Gasteiger partial charge >= 0.3 is 0 Å². The minimum Gasteiger partial charge on any atom is -0.419 e. The Morgan fingerprint density at radius 2 is 1.87 bits per heavy atom. The molecule has 3 rings (SSSR count). The lowest BCUT2D eigenvalue weighted by Gasteiger charge is -2.13. The SMILES string of the molecule is CC(NCc1nnc(-c2ccc(Cl)cc2)o1)c1ccccc1F. The maximum absolute atomic E-state index is 13.7. The van der Waals surface area contributed by atoms with Gasteiger partial charge in [0.1, 0.15) is 5.82 Å². The molecule has 1 unspecified atom stereocenters. The van der Waals surface area contributed by atoms with E-state index in [1.54, 1.807) is 24.3 Å². The van der Waals surface area contributed by atoms with Gasteiger partial charge in [-0.05, 0) is 37.3 Å². The summed E-state index contributed by atoms with van der Waals surface area (Å²) in [7, 11) is 0. The van der Waals surface area contributed by atoms with Crippen molar-refractivity contribution < 1.29 is 8.81 Å². The third kappa shape index (κ3) is 3.75. The van der Waals surface area contributed by atoms with E-state index in [0.29, 0.717) is 28.9 Å². The van der Waals surface area contributed by atoms with Crippen LogP contribution in [0.25, 0.3) is 11.5 Å². The van der Waals surface area contributed by atoms with E-state index in [0.717, 1.165) is 5.56 Å². The molecule has 23 heavy (non-hydrogen) atoms. The summed E-state index contributed by atoms with van der Waals surface area (Å²) in [6, 6.07) is 13.7. The zero-order valence-electron chi connectivity index (χ0n) is 12.5. The summed E-state index contributed by atoms with van der Waals surface area (Å²) in [5.74, 6) is 0.634. The highest BCUT2D eigenvalue weighted by Crippen LogP contribution is 2.21. The molecule has 1 N–H and O–H groups in total. The highest BCUT2D eigenvalue weighted by molar-refractivity contribution is 6.30. The van der Waals surface area contributed by atoms with Gasteiger partial charge < -0.3 is 9.73 Å². The summed E-state index contributed by atoms with van der Waals surface area (Å²) in [5.41, 5.74) is 1.40. The van der Waals surface area contributed by atoms with Crippen LogP contribution in [0.2, 0.25) is 5.02 Å². The van der Waals surface area contributed by atoms with Crippen molar-refractivity contribution in [1.82, 2.24) is 15.5 Å². The molecular weight excluding hydrogens is 317 g/mol. The molecule has 0 spiro atoms. The van der Waals surface area contributed by atoms with Crippen LogP contribution in [0.15, 0.2) is 52.9 Å². The molecule has 6 heteroatoms. The van der Waals surface area contributed by atoms with Crippen LogP contribution >= 0.6 is 11.6 Å². The van der Waals surface area contributed by atoms with E-state index in [1.165, 1.54) is 6.07 Å². The Bertz CT molecular complexity index is 789. The third-order valence-corrected chi connectivity index (χ3v) is 3.74. The molecule has 0 aliphatic heterocycles. The van der Waals surface area contributed by atoms with Gasteiger partial charge in [0, 0.05) is 22.2 Å². The Morgan fingerprint density at radius 1 is 1.13 bits per heavy atom. The molecule has 1 heterocycles. The van der Waals surface area contributed by atoms with Crippen LogP contribution in [0.3, 0.4) is 0 Å². The smallest absolute Gasteiger partial charge is 0.247 e. The van der Waals surface area contributed by atoms with E-state index in [4.69, 9.17) is 16.0 Å². The van der Waals surface area contributed by atoms with E-state index >= 15 is 0 Å². The van der Waals surface area contributed by atoms with Crippen molar-refractivity contribution in [2.45, 2.75) is 19.5 Å². The number of hydrogen-bond acceptors (Lipinski definition) is 4. The van der Waals surface area contributed by atoms with Gasteiger partial charge in [-0.15, -0.1) is 10.2 Å². The Labute approximate surface area is 138 Å². The summed E-state index contributed by atoms with van der Waals surface area (Å²) in [4.78, 5) is 0. The number of hydrogen-bond donors (Lipinski definition) is 1. The molecule has 0 radical (unpaired) electrons. The van der Waals surface area contributed by atoms with E-state index in [1.807, 2.05) is 25.1 Å². The van der Waals surface area contributed by atoms with Gasteiger partial charge in [0.05, 0.1) is 6.54 Å². The van der Waals surface area contributed by atoms with Crippen LogP contribution in [0.1, 0.15) is 24.4 Å². The lowest BCUT2D eigenvalue weighted by Crippen LogP contribution is -2.19. The number of nitrogens with one attached hydrogen (secondary N) is 1.